The first-order chi connectivity index (χ1) is 10.3. The van der Waals surface area contributed by atoms with Gasteiger partial charge in [0.1, 0.15) is 5.75 Å². The normalized spacial score (nSPS) is 13.6. The number of amides is 1. The van der Waals surface area contributed by atoms with Gasteiger partial charge in [0.15, 0.2) is 5.69 Å². The predicted octanol–water partition coefficient (Wildman–Crippen LogP) is 2.23. The fourth-order valence-corrected chi connectivity index (χ4v) is 2.78. The molecule has 0 fully saturated rings. The molecule has 5 heteroatoms. The molecule has 0 aliphatic heterocycles. The number of hydrogen-bond donors (Lipinski definition) is 2. The standard InChI is InChI=1S/C16H19N3O2/c1-21-14-9-5-2-6-11(14)10-17-16(20)15-12-7-3-4-8-13(12)18-19-15/h2,5-6,9H,3-4,7-8,10H2,1H3,(H,17,20)(H,18,19). The van der Waals surface area contributed by atoms with E-state index < -0.39 is 0 Å². The summed E-state index contributed by atoms with van der Waals surface area (Å²) in [5, 5.41) is 10.1. The van der Waals surface area contributed by atoms with Crippen molar-refractivity contribution in [2.75, 3.05) is 7.11 Å². The topological polar surface area (TPSA) is 67.0 Å². The van der Waals surface area contributed by atoms with Gasteiger partial charge in [-0.25, -0.2) is 0 Å². The van der Waals surface area contributed by atoms with Crippen LogP contribution in [0.1, 0.15) is 40.2 Å². The van der Waals surface area contributed by atoms with Crippen LogP contribution in [-0.4, -0.2) is 23.2 Å². The highest BCUT2D eigenvalue weighted by atomic mass is 16.5. The summed E-state index contributed by atoms with van der Waals surface area (Å²) in [4.78, 5) is 12.3. The third kappa shape index (κ3) is 2.77. The molecular weight excluding hydrogens is 266 g/mol. The van der Waals surface area contributed by atoms with E-state index >= 15 is 0 Å². The van der Waals surface area contributed by atoms with Crippen LogP contribution in [0.15, 0.2) is 24.3 Å². The Hall–Kier alpha value is -2.30. The van der Waals surface area contributed by atoms with Crippen molar-refractivity contribution in [3.05, 3.63) is 46.8 Å². The third-order valence-electron chi connectivity index (χ3n) is 3.90. The van der Waals surface area contributed by atoms with Gasteiger partial charge >= 0.3 is 0 Å². The molecule has 1 aliphatic carbocycles. The molecule has 110 valence electrons. The molecule has 0 saturated heterocycles. The van der Waals surface area contributed by atoms with E-state index in [9.17, 15) is 4.79 Å². The Labute approximate surface area is 123 Å². The lowest BCUT2D eigenvalue weighted by Crippen LogP contribution is -2.25. The first-order valence-electron chi connectivity index (χ1n) is 7.26. The minimum Gasteiger partial charge on any atom is -0.496 e. The number of methoxy groups -OCH3 is 1. The second-order valence-electron chi connectivity index (χ2n) is 5.23. The quantitative estimate of drug-likeness (QED) is 0.905. The van der Waals surface area contributed by atoms with Gasteiger partial charge in [0, 0.05) is 23.4 Å². The van der Waals surface area contributed by atoms with Gasteiger partial charge in [0.05, 0.1) is 7.11 Å². The summed E-state index contributed by atoms with van der Waals surface area (Å²) in [6.45, 7) is 0.435. The van der Waals surface area contributed by atoms with E-state index in [4.69, 9.17) is 4.74 Å². The van der Waals surface area contributed by atoms with Gasteiger partial charge in [-0.2, -0.15) is 5.10 Å². The Bertz CT molecular complexity index is 649. The molecule has 2 aromatic rings. The predicted molar refractivity (Wildman–Crippen MR) is 79.4 cm³/mol. The van der Waals surface area contributed by atoms with Crippen molar-refractivity contribution in [1.82, 2.24) is 15.5 Å². The highest BCUT2D eigenvalue weighted by Crippen LogP contribution is 2.22. The van der Waals surface area contributed by atoms with Gasteiger partial charge < -0.3 is 10.1 Å². The lowest BCUT2D eigenvalue weighted by Gasteiger charge is -2.12. The summed E-state index contributed by atoms with van der Waals surface area (Å²) < 4.78 is 5.29. The fourth-order valence-electron chi connectivity index (χ4n) is 2.78. The molecule has 0 spiro atoms. The molecule has 1 aliphatic rings. The molecule has 21 heavy (non-hydrogen) atoms. The van der Waals surface area contributed by atoms with Crippen molar-refractivity contribution in [3.8, 4) is 5.75 Å². The Kier molecular flexibility index (Phi) is 3.90. The Balaban J connectivity index is 1.71. The number of nitrogens with one attached hydrogen (secondary N) is 2. The van der Waals surface area contributed by atoms with Crippen molar-refractivity contribution in [1.29, 1.82) is 0 Å². The molecule has 3 rings (SSSR count). The zero-order valence-electron chi connectivity index (χ0n) is 12.1. The van der Waals surface area contributed by atoms with Crippen molar-refractivity contribution in [2.45, 2.75) is 32.2 Å². The Morgan fingerprint density at radius 3 is 3.00 bits per heavy atom. The van der Waals surface area contributed by atoms with Gasteiger partial charge in [0.25, 0.3) is 5.91 Å². The van der Waals surface area contributed by atoms with Gasteiger partial charge in [-0.1, -0.05) is 18.2 Å². The molecule has 1 aromatic heterocycles. The average molecular weight is 285 g/mol. The molecule has 1 heterocycles. The van der Waals surface area contributed by atoms with Crippen LogP contribution in [0.25, 0.3) is 0 Å². The van der Waals surface area contributed by atoms with E-state index in [-0.39, 0.29) is 5.91 Å². The second kappa shape index (κ2) is 5.99. The van der Waals surface area contributed by atoms with Crippen molar-refractivity contribution in [2.24, 2.45) is 0 Å². The Morgan fingerprint density at radius 2 is 2.14 bits per heavy atom. The Morgan fingerprint density at radius 1 is 1.33 bits per heavy atom. The van der Waals surface area contributed by atoms with E-state index in [1.54, 1.807) is 7.11 Å². The number of aromatic amines is 1. The molecular formula is C16H19N3O2. The van der Waals surface area contributed by atoms with Crippen molar-refractivity contribution >= 4 is 5.91 Å². The van der Waals surface area contributed by atoms with Crippen LogP contribution in [0.3, 0.4) is 0 Å². The number of para-hydroxylation sites is 1. The molecule has 5 nitrogen and oxygen atoms in total. The van der Waals surface area contributed by atoms with Crippen LogP contribution in [0.5, 0.6) is 5.75 Å². The zero-order valence-corrected chi connectivity index (χ0v) is 12.1. The van der Waals surface area contributed by atoms with E-state index in [2.05, 4.69) is 15.5 Å². The molecule has 1 aromatic carbocycles. The highest BCUT2D eigenvalue weighted by Gasteiger charge is 2.21. The van der Waals surface area contributed by atoms with Gasteiger partial charge in [-0.3, -0.25) is 9.89 Å². The number of aromatic nitrogens is 2. The third-order valence-corrected chi connectivity index (χ3v) is 3.90. The number of nitrogens with zero attached hydrogens (tertiary/aromatic N) is 1. The largest absolute Gasteiger partial charge is 0.496 e. The number of carbonyl (C=O) groups is 1. The number of hydrogen-bond acceptors (Lipinski definition) is 3. The van der Waals surface area contributed by atoms with Crippen molar-refractivity contribution in [3.63, 3.8) is 0 Å². The van der Waals surface area contributed by atoms with Crippen LogP contribution in [0.4, 0.5) is 0 Å². The summed E-state index contributed by atoms with van der Waals surface area (Å²) in [6.07, 6.45) is 4.21. The number of carbonyl (C=O) groups excluding carboxylic acids is 1. The molecule has 0 saturated carbocycles. The van der Waals surface area contributed by atoms with Crippen LogP contribution in [0.2, 0.25) is 0 Å². The minimum atomic E-state index is -0.125. The molecule has 0 bridgehead atoms. The molecule has 0 atom stereocenters. The smallest absolute Gasteiger partial charge is 0.272 e. The second-order valence-corrected chi connectivity index (χ2v) is 5.23. The van der Waals surface area contributed by atoms with E-state index in [0.717, 1.165) is 48.3 Å². The van der Waals surface area contributed by atoms with E-state index in [1.807, 2.05) is 24.3 Å². The number of rotatable bonds is 4. The lowest BCUT2D eigenvalue weighted by atomic mass is 9.96. The SMILES string of the molecule is COc1ccccc1CNC(=O)c1n[nH]c2c1CCCC2. The number of fused-ring (bicyclic) bond motifs is 1. The molecule has 0 unspecified atom stereocenters. The summed E-state index contributed by atoms with van der Waals surface area (Å²) in [5.74, 6) is 0.655. The van der Waals surface area contributed by atoms with Crippen LogP contribution < -0.4 is 10.1 Å². The van der Waals surface area contributed by atoms with Crippen LogP contribution >= 0.6 is 0 Å². The number of H-pyrrole nitrogens is 1. The van der Waals surface area contributed by atoms with Gasteiger partial charge in [-0.15, -0.1) is 0 Å². The van der Waals surface area contributed by atoms with Crippen LogP contribution in [0, 0.1) is 0 Å². The van der Waals surface area contributed by atoms with Crippen LogP contribution in [-0.2, 0) is 19.4 Å². The highest BCUT2D eigenvalue weighted by molar-refractivity contribution is 5.94. The molecule has 2 N–H and O–H groups in total. The first-order valence-corrected chi connectivity index (χ1v) is 7.26. The average Bonchev–Trinajstić information content (AvgIpc) is 2.97. The number of aryl methyl sites for hydroxylation is 1. The van der Waals surface area contributed by atoms with Gasteiger partial charge in [-0.05, 0) is 31.7 Å². The van der Waals surface area contributed by atoms with Crippen molar-refractivity contribution < 1.29 is 9.53 Å². The molecule has 0 radical (unpaired) electrons. The van der Waals surface area contributed by atoms with E-state index in [1.165, 1.54) is 0 Å². The summed E-state index contributed by atoms with van der Waals surface area (Å²) in [6, 6.07) is 7.67. The summed E-state index contributed by atoms with van der Waals surface area (Å²) in [7, 11) is 1.63. The summed E-state index contributed by atoms with van der Waals surface area (Å²) in [5.41, 5.74) is 3.69. The lowest BCUT2D eigenvalue weighted by molar-refractivity contribution is 0.0944. The van der Waals surface area contributed by atoms with Gasteiger partial charge in [0.2, 0.25) is 0 Å². The number of ether oxygens (including phenoxy) is 1. The monoisotopic (exact) mass is 285 g/mol. The minimum absolute atomic E-state index is 0.125. The fraction of sp³-hybridized carbons (Fsp3) is 0.375. The van der Waals surface area contributed by atoms with E-state index in [0.29, 0.717) is 12.2 Å². The zero-order chi connectivity index (χ0) is 14.7. The number of benzene rings is 1. The first kappa shape index (κ1) is 13.7. The maximum Gasteiger partial charge on any atom is 0.272 e. The molecule has 1 amide bonds. The maximum absolute atomic E-state index is 12.3. The summed E-state index contributed by atoms with van der Waals surface area (Å²) >= 11 is 0. The maximum atomic E-state index is 12.3.